The Hall–Kier alpha value is -1.89. The molecule has 3 atom stereocenters. The quantitative estimate of drug-likeness (QED) is 0.458. The van der Waals surface area contributed by atoms with E-state index in [0.29, 0.717) is 17.8 Å². The molecule has 1 amide bonds. The number of carbonyl (C=O) groups excluding carboxylic acids is 1. The maximum absolute atomic E-state index is 12.2. The molecule has 28 heavy (non-hydrogen) atoms. The summed E-state index contributed by atoms with van der Waals surface area (Å²) < 4.78 is 12.2. The molecule has 1 saturated carbocycles. The van der Waals surface area contributed by atoms with Gasteiger partial charge >= 0.3 is 0 Å². The lowest BCUT2D eigenvalue weighted by Gasteiger charge is -2.30. The number of nitrogens with one attached hydrogen (secondary N) is 3. The van der Waals surface area contributed by atoms with E-state index in [-0.39, 0.29) is 5.91 Å². The zero-order valence-electron chi connectivity index (χ0n) is 17.3. The van der Waals surface area contributed by atoms with Crippen LogP contribution >= 0.6 is 0 Å². The molecule has 1 aliphatic rings. The van der Waals surface area contributed by atoms with Crippen molar-refractivity contribution >= 4 is 28.4 Å². The summed E-state index contributed by atoms with van der Waals surface area (Å²) in [4.78, 5) is 15.8. The lowest BCUT2D eigenvalue weighted by molar-refractivity contribution is -0.114. The Labute approximate surface area is 171 Å². The Morgan fingerprint density at radius 2 is 1.96 bits per heavy atom. The number of carbonyl (C=O) groups is 1. The first-order valence-corrected chi connectivity index (χ1v) is 11.7. The third kappa shape index (κ3) is 7.62. The van der Waals surface area contributed by atoms with Crippen LogP contribution in [0.5, 0.6) is 0 Å². The highest BCUT2D eigenvalue weighted by Crippen LogP contribution is 2.23. The summed E-state index contributed by atoms with van der Waals surface area (Å²) >= 11 is 0. The minimum absolute atomic E-state index is 0.0635. The molecule has 0 aromatic heterocycles. The molecule has 1 aromatic carbocycles. The number of aliphatic imine (C=N–C) groups is 1. The van der Waals surface area contributed by atoms with Gasteiger partial charge in [0.25, 0.3) is 0 Å². The van der Waals surface area contributed by atoms with Crippen molar-refractivity contribution in [1.29, 1.82) is 0 Å². The molecule has 0 radical (unpaired) electrons. The monoisotopic (exact) mass is 406 g/mol. The van der Waals surface area contributed by atoms with E-state index < -0.39 is 10.8 Å². The highest BCUT2D eigenvalue weighted by Gasteiger charge is 2.25. The summed E-state index contributed by atoms with van der Waals surface area (Å²) in [5.41, 5.74) is 2.00. The smallest absolute Gasteiger partial charge is 0.221 e. The maximum atomic E-state index is 12.2. The Bertz CT molecular complexity index is 675. The first-order valence-electron chi connectivity index (χ1n) is 10.3. The number of benzene rings is 1. The molecule has 2 rings (SSSR count). The van der Waals surface area contributed by atoms with Crippen LogP contribution in [0.15, 0.2) is 29.3 Å². The molecule has 1 aromatic rings. The molecule has 3 N–H and O–H groups in total. The lowest BCUT2D eigenvalue weighted by Crippen LogP contribution is -2.46. The molecule has 1 aliphatic carbocycles. The molecular formula is C21H34N4O2S. The van der Waals surface area contributed by atoms with Gasteiger partial charge in [-0.3, -0.25) is 14.0 Å². The highest BCUT2D eigenvalue weighted by molar-refractivity contribution is 7.85. The van der Waals surface area contributed by atoms with Crippen LogP contribution in [-0.2, 0) is 22.0 Å². The van der Waals surface area contributed by atoms with Gasteiger partial charge in [0.2, 0.25) is 5.91 Å². The van der Waals surface area contributed by atoms with Gasteiger partial charge in [0.15, 0.2) is 5.96 Å². The summed E-state index contributed by atoms with van der Waals surface area (Å²) in [7, 11) is -0.715. The van der Waals surface area contributed by atoms with Crippen molar-refractivity contribution < 1.29 is 9.00 Å². The number of rotatable bonds is 8. The van der Waals surface area contributed by atoms with Crippen LogP contribution in [0.2, 0.25) is 0 Å². The van der Waals surface area contributed by atoms with Gasteiger partial charge < -0.3 is 16.0 Å². The summed E-state index contributed by atoms with van der Waals surface area (Å²) in [5, 5.41) is 9.94. The summed E-state index contributed by atoms with van der Waals surface area (Å²) in [6, 6.07) is 8.21. The summed E-state index contributed by atoms with van der Waals surface area (Å²) in [6.45, 7) is 7.07. The molecule has 6 nitrogen and oxygen atoms in total. The fourth-order valence-corrected chi connectivity index (χ4v) is 4.87. The number of guanidine groups is 1. The van der Waals surface area contributed by atoms with E-state index in [1.807, 2.05) is 31.2 Å². The molecule has 156 valence electrons. The second kappa shape index (κ2) is 11.8. The van der Waals surface area contributed by atoms with Crippen LogP contribution in [0.3, 0.4) is 0 Å². The number of hydrogen-bond donors (Lipinski definition) is 3. The Morgan fingerprint density at radius 1 is 1.21 bits per heavy atom. The largest absolute Gasteiger partial charge is 0.357 e. The summed E-state index contributed by atoms with van der Waals surface area (Å²) in [6.07, 6.45) is 5.08. The van der Waals surface area contributed by atoms with Crippen LogP contribution in [-0.4, -0.2) is 46.2 Å². The molecule has 0 aliphatic heterocycles. The van der Waals surface area contributed by atoms with E-state index in [2.05, 4.69) is 22.9 Å². The van der Waals surface area contributed by atoms with Crippen LogP contribution in [0.1, 0.15) is 52.0 Å². The summed E-state index contributed by atoms with van der Waals surface area (Å²) in [5.74, 6) is 1.52. The van der Waals surface area contributed by atoms with Gasteiger partial charge in [-0.25, -0.2) is 0 Å². The fraction of sp³-hybridized carbons (Fsp3) is 0.619. The van der Waals surface area contributed by atoms with Crippen LogP contribution < -0.4 is 16.0 Å². The molecule has 0 heterocycles. The van der Waals surface area contributed by atoms with Crippen molar-refractivity contribution in [2.24, 2.45) is 4.99 Å². The van der Waals surface area contributed by atoms with Crippen LogP contribution in [0.25, 0.3) is 0 Å². The zero-order chi connectivity index (χ0) is 20.4. The van der Waals surface area contributed by atoms with Crippen LogP contribution in [0, 0.1) is 0 Å². The van der Waals surface area contributed by atoms with Gasteiger partial charge in [-0.2, -0.15) is 0 Å². The van der Waals surface area contributed by atoms with E-state index in [1.165, 1.54) is 12.5 Å². The predicted octanol–water partition coefficient (Wildman–Crippen LogP) is 2.82. The van der Waals surface area contributed by atoms with E-state index in [0.717, 1.165) is 56.0 Å². The fourth-order valence-electron chi connectivity index (χ4n) is 3.52. The second-order valence-corrected chi connectivity index (χ2v) is 9.19. The zero-order valence-corrected chi connectivity index (χ0v) is 18.1. The van der Waals surface area contributed by atoms with E-state index in [4.69, 9.17) is 4.99 Å². The maximum Gasteiger partial charge on any atom is 0.221 e. The SMILES string of the molecule is CCNC(=NCCc1ccc(NC(C)=O)cc1)NC1CCCC(S(=O)CC)C1. The van der Waals surface area contributed by atoms with Gasteiger partial charge in [-0.1, -0.05) is 25.5 Å². The van der Waals surface area contributed by atoms with Gasteiger partial charge in [0.1, 0.15) is 0 Å². The third-order valence-electron chi connectivity index (χ3n) is 4.91. The average Bonchev–Trinajstić information content (AvgIpc) is 2.68. The normalized spacial score (nSPS) is 21.0. The van der Waals surface area contributed by atoms with Crippen molar-refractivity contribution in [3.05, 3.63) is 29.8 Å². The van der Waals surface area contributed by atoms with E-state index in [1.54, 1.807) is 0 Å². The van der Waals surface area contributed by atoms with Gasteiger partial charge in [0.05, 0.1) is 0 Å². The van der Waals surface area contributed by atoms with E-state index in [9.17, 15) is 9.00 Å². The topological polar surface area (TPSA) is 82.6 Å². The number of anilines is 1. The molecule has 0 bridgehead atoms. The lowest BCUT2D eigenvalue weighted by atomic mass is 9.95. The Kier molecular flexibility index (Phi) is 9.47. The highest BCUT2D eigenvalue weighted by atomic mass is 32.2. The minimum atomic E-state index is -0.715. The predicted molar refractivity (Wildman–Crippen MR) is 118 cm³/mol. The molecule has 0 spiro atoms. The van der Waals surface area contributed by atoms with Crippen molar-refractivity contribution in [3.63, 3.8) is 0 Å². The molecule has 0 saturated heterocycles. The van der Waals surface area contributed by atoms with Crippen LogP contribution in [0.4, 0.5) is 5.69 Å². The van der Waals surface area contributed by atoms with Gasteiger partial charge in [-0.15, -0.1) is 0 Å². The number of amides is 1. The minimum Gasteiger partial charge on any atom is -0.357 e. The number of nitrogens with zero attached hydrogens (tertiary/aromatic N) is 1. The molecule has 7 heteroatoms. The first kappa shape index (κ1) is 22.4. The second-order valence-electron chi connectivity index (χ2n) is 7.19. The standard InChI is InChI=1S/C21H34N4O2S/c1-4-22-21(25-19-7-6-8-20(15-19)28(27)5-2)23-14-13-17-9-11-18(12-10-17)24-16(3)26/h9-12,19-20H,4-8,13-15H2,1-3H3,(H,24,26)(H2,22,23,25). The van der Waals surface area contributed by atoms with Gasteiger partial charge in [-0.05, 0) is 50.3 Å². The number of hydrogen-bond acceptors (Lipinski definition) is 3. The van der Waals surface area contributed by atoms with Crippen molar-refractivity contribution in [1.82, 2.24) is 10.6 Å². The van der Waals surface area contributed by atoms with Crippen molar-refractivity contribution in [3.8, 4) is 0 Å². The third-order valence-corrected chi connectivity index (χ3v) is 6.65. The van der Waals surface area contributed by atoms with E-state index >= 15 is 0 Å². The Morgan fingerprint density at radius 3 is 2.61 bits per heavy atom. The average molecular weight is 407 g/mol. The van der Waals surface area contributed by atoms with Crippen molar-refractivity contribution in [2.75, 3.05) is 24.2 Å². The first-order chi connectivity index (χ1) is 13.5. The molecular weight excluding hydrogens is 372 g/mol. The van der Waals surface area contributed by atoms with Gasteiger partial charge in [0, 0.05) is 53.5 Å². The Balaban J connectivity index is 1.87. The molecule has 1 fully saturated rings. The molecule has 3 unspecified atom stereocenters. The van der Waals surface area contributed by atoms with Crippen molar-refractivity contribution in [2.45, 2.75) is 64.2 Å².